The Morgan fingerprint density at radius 3 is 1.76 bits per heavy atom. The molecule has 6 heteroatoms. The van der Waals surface area contributed by atoms with Crippen molar-refractivity contribution in [2.45, 2.75) is 58.8 Å². The molecule has 0 saturated heterocycles. The third kappa shape index (κ3) is 6.07. The molecule has 0 atom stereocenters. The Labute approximate surface area is 215 Å². The van der Waals surface area contributed by atoms with Crippen LogP contribution in [-0.2, 0) is 25.7 Å². The van der Waals surface area contributed by atoms with Crippen LogP contribution in [0.4, 0.5) is 17.6 Å². The summed E-state index contributed by atoms with van der Waals surface area (Å²) in [5.74, 6) is -3.35. The van der Waals surface area contributed by atoms with Gasteiger partial charge in [0.25, 0.3) is 0 Å². The third-order valence-corrected chi connectivity index (χ3v) is 6.56. The highest BCUT2D eigenvalue weighted by atomic mass is 19.2. The Balaban J connectivity index is 1.45. The summed E-state index contributed by atoms with van der Waals surface area (Å²) >= 11 is 0. The van der Waals surface area contributed by atoms with Gasteiger partial charge in [-0.1, -0.05) is 69.2 Å². The fourth-order valence-corrected chi connectivity index (χ4v) is 4.37. The lowest BCUT2D eigenvalue weighted by Crippen LogP contribution is -2.02. The maximum Gasteiger partial charge on any atom is 0.170 e. The van der Waals surface area contributed by atoms with Gasteiger partial charge in [0.05, 0.1) is 5.56 Å². The minimum Gasteiger partial charge on any atom is -0.236 e. The molecule has 0 saturated carbocycles. The van der Waals surface area contributed by atoms with Crippen molar-refractivity contribution in [3.8, 4) is 22.5 Å². The predicted octanol–water partition coefficient (Wildman–Crippen LogP) is 8.45. The molecule has 1 aromatic heterocycles. The van der Waals surface area contributed by atoms with Crippen molar-refractivity contribution >= 4 is 0 Å². The molecule has 37 heavy (non-hydrogen) atoms. The van der Waals surface area contributed by atoms with Gasteiger partial charge < -0.3 is 0 Å². The number of benzene rings is 3. The van der Waals surface area contributed by atoms with Gasteiger partial charge in [-0.05, 0) is 66.0 Å². The average Bonchev–Trinajstić information content (AvgIpc) is 2.92. The number of aromatic nitrogens is 2. The molecule has 0 aliphatic heterocycles. The molecule has 0 spiro atoms. The van der Waals surface area contributed by atoms with Crippen LogP contribution in [0.15, 0.2) is 60.9 Å². The summed E-state index contributed by atoms with van der Waals surface area (Å²) in [5.41, 5.74) is 3.27. The van der Waals surface area contributed by atoms with Crippen LogP contribution in [0, 0.1) is 23.3 Å². The van der Waals surface area contributed by atoms with E-state index >= 15 is 0 Å². The molecule has 4 rings (SSSR count). The summed E-state index contributed by atoms with van der Waals surface area (Å²) in [6.45, 7) is 4.05. The van der Waals surface area contributed by atoms with Gasteiger partial charge in [0.1, 0.15) is 0 Å². The van der Waals surface area contributed by atoms with Crippen molar-refractivity contribution in [1.82, 2.24) is 9.97 Å². The topological polar surface area (TPSA) is 25.8 Å². The molecule has 3 aromatic carbocycles. The number of hydrogen-bond donors (Lipinski definition) is 0. The van der Waals surface area contributed by atoms with Crippen molar-refractivity contribution < 1.29 is 17.6 Å². The van der Waals surface area contributed by atoms with Crippen molar-refractivity contribution in [3.63, 3.8) is 0 Å². The average molecular weight is 507 g/mol. The van der Waals surface area contributed by atoms with Gasteiger partial charge in [0.15, 0.2) is 29.1 Å². The van der Waals surface area contributed by atoms with Crippen LogP contribution in [0.2, 0.25) is 0 Å². The van der Waals surface area contributed by atoms with Crippen molar-refractivity contribution in [3.05, 3.63) is 106 Å². The van der Waals surface area contributed by atoms with Gasteiger partial charge in [-0.2, -0.15) is 0 Å². The Hall–Kier alpha value is -3.54. The SMILES string of the molecule is CCCCc1ccc(-c2ccc(CCc3ccc(-c4ncc(CCC)cn4)c(F)c3F)cc2)c(F)c1F. The van der Waals surface area contributed by atoms with Gasteiger partial charge in [-0.25, -0.2) is 27.5 Å². The van der Waals surface area contributed by atoms with Crippen LogP contribution in [0.25, 0.3) is 22.5 Å². The van der Waals surface area contributed by atoms with E-state index in [1.54, 1.807) is 54.9 Å². The Morgan fingerprint density at radius 2 is 1.14 bits per heavy atom. The summed E-state index contributed by atoms with van der Waals surface area (Å²) in [7, 11) is 0. The Kier molecular flexibility index (Phi) is 8.70. The second kappa shape index (κ2) is 12.1. The van der Waals surface area contributed by atoms with E-state index in [0.717, 1.165) is 36.8 Å². The van der Waals surface area contributed by atoms with E-state index in [2.05, 4.69) is 9.97 Å². The highest BCUT2D eigenvalue weighted by Gasteiger charge is 2.17. The van der Waals surface area contributed by atoms with Crippen molar-refractivity contribution in [1.29, 1.82) is 0 Å². The normalized spacial score (nSPS) is 11.2. The van der Waals surface area contributed by atoms with E-state index in [4.69, 9.17) is 0 Å². The minimum atomic E-state index is -0.962. The Bertz CT molecular complexity index is 1350. The minimum absolute atomic E-state index is 0.0311. The number of hydrogen-bond acceptors (Lipinski definition) is 2. The van der Waals surface area contributed by atoms with Crippen molar-refractivity contribution in [2.24, 2.45) is 0 Å². The lowest BCUT2D eigenvalue weighted by Gasteiger charge is -2.10. The second-order valence-corrected chi connectivity index (χ2v) is 9.27. The first-order chi connectivity index (χ1) is 17.9. The molecule has 2 nitrogen and oxygen atoms in total. The zero-order valence-electron chi connectivity index (χ0n) is 21.1. The van der Waals surface area contributed by atoms with Crippen LogP contribution < -0.4 is 0 Å². The van der Waals surface area contributed by atoms with Gasteiger partial charge >= 0.3 is 0 Å². The highest BCUT2D eigenvalue weighted by Crippen LogP contribution is 2.28. The first-order valence-corrected chi connectivity index (χ1v) is 12.8. The van der Waals surface area contributed by atoms with E-state index in [1.165, 1.54) is 6.07 Å². The second-order valence-electron chi connectivity index (χ2n) is 9.27. The molecule has 4 aromatic rings. The number of nitrogens with zero attached hydrogens (tertiary/aromatic N) is 2. The zero-order valence-corrected chi connectivity index (χ0v) is 21.1. The van der Waals surface area contributed by atoms with Crippen molar-refractivity contribution in [2.75, 3.05) is 0 Å². The maximum absolute atomic E-state index is 14.8. The van der Waals surface area contributed by atoms with Gasteiger partial charge in [0, 0.05) is 18.0 Å². The molecule has 0 aliphatic carbocycles. The van der Waals surface area contributed by atoms with Crippen LogP contribution in [-0.4, -0.2) is 9.97 Å². The van der Waals surface area contributed by atoms with Gasteiger partial charge in [-0.15, -0.1) is 0 Å². The molecule has 0 N–H and O–H groups in total. The number of aryl methyl sites for hydroxylation is 4. The van der Waals surface area contributed by atoms with Crippen LogP contribution in [0.5, 0.6) is 0 Å². The monoisotopic (exact) mass is 506 g/mol. The highest BCUT2D eigenvalue weighted by molar-refractivity contribution is 5.65. The van der Waals surface area contributed by atoms with Gasteiger partial charge in [-0.3, -0.25) is 0 Å². The van der Waals surface area contributed by atoms with E-state index in [9.17, 15) is 17.6 Å². The van der Waals surface area contributed by atoms with E-state index in [-0.39, 0.29) is 28.9 Å². The molecule has 1 heterocycles. The lowest BCUT2D eigenvalue weighted by molar-refractivity contribution is 0.499. The molecule has 0 bridgehead atoms. The molecule has 192 valence electrons. The first-order valence-electron chi connectivity index (χ1n) is 12.8. The van der Waals surface area contributed by atoms with Crippen LogP contribution in [0.1, 0.15) is 55.4 Å². The summed E-state index contributed by atoms with van der Waals surface area (Å²) < 4.78 is 58.8. The molecular weight excluding hydrogens is 476 g/mol. The fourth-order valence-electron chi connectivity index (χ4n) is 4.37. The predicted molar refractivity (Wildman–Crippen MR) is 139 cm³/mol. The van der Waals surface area contributed by atoms with E-state index in [1.807, 2.05) is 13.8 Å². The molecule has 0 aliphatic rings. The maximum atomic E-state index is 14.8. The van der Waals surface area contributed by atoms with Gasteiger partial charge in [0.2, 0.25) is 0 Å². The summed E-state index contributed by atoms with van der Waals surface area (Å²) in [5, 5.41) is 0. The van der Waals surface area contributed by atoms with Crippen LogP contribution >= 0.6 is 0 Å². The van der Waals surface area contributed by atoms with E-state index < -0.39 is 23.3 Å². The Morgan fingerprint density at radius 1 is 0.541 bits per heavy atom. The molecular formula is C31H30F4N2. The number of rotatable bonds is 10. The zero-order chi connectivity index (χ0) is 26.4. The fraction of sp³-hybridized carbons (Fsp3) is 0.290. The largest absolute Gasteiger partial charge is 0.236 e. The van der Waals surface area contributed by atoms with Crippen LogP contribution in [0.3, 0.4) is 0 Å². The summed E-state index contributed by atoms with van der Waals surface area (Å²) in [6, 6.07) is 13.4. The quantitative estimate of drug-likeness (QED) is 0.202. The lowest BCUT2D eigenvalue weighted by atomic mass is 9.97. The molecule has 0 amide bonds. The number of unbranched alkanes of at least 4 members (excludes halogenated alkanes) is 1. The molecule has 0 unspecified atom stereocenters. The molecule has 0 radical (unpaired) electrons. The van der Waals surface area contributed by atoms with E-state index in [0.29, 0.717) is 24.0 Å². The third-order valence-electron chi connectivity index (χ3n) is 6.56. The standard InChI is InChI=1S/C31H30F4N2/c1-3-5-7-23-14-16-25(29(34)27(23)32)22-11-8-20(9-12-22)10-13-24-15-17-26(30(35)28(24)33)31-36-18-21(6-4-2)19-37-31/h8-9,11-12,14-19H,3-7,10,13H2,1-2H3. The first kappa shape index (κ1) is 26.5. The summed E-state index contributed by atoms with van der Waals surface area (Å²) in [6.07, 6.45) is 8.03. The molecule has 0 fully saturated rings. The number of halogens is 4. The summed E-state index contributed by atoms with van der Waals surface area (Å²) in [4.78, 5) is 8.37. The smallest absolute Gasteiger partial charge is 0.170 e.